The Kier molecular flexibility index (Phi) is 5.15. The van der Waals surface area contributed by atoms with E-state index in [0.29, 0.717) is 31.4 Å². The highest BCUT2D eigenvalue weighted by Gasteiger charge is 2.48. The predicted octanol–water partition coefficient (Wildman–Crippen LogP) is 3.11. The molecule has 1 unspecified atom stereocenters. The molecular weight excluding hydrogens is 388 g/mol. The molecule has 0 radical (unpaired) electrons. The molecule has 6 nitrogen and oxygen atoms in total. The molecule has 3 rings (SSSR count). The molecular formula is C16H18F4N4O2S. The standard InChI is InChI=1S/C16H18F4N4O2S/c1-2-23-10-21-22-15(23)11-4-3-7-24(9-11)13-6-5-12(17)8-14(13)27(25,26)16(18,19)20/h5-6,8,10-11H,2-4,7,9H2,1H3. The lowest BCUT2D eigenvalue weighted by atomic mass is 9.96. The quantitative estimate of drug-likeness (QED) is 0.730. The number of aryl methyl sites for hydroxylation is 1. The van der Waals surface area contributed by atoms with Gasteiger partial charge in [0, 0.05) is 25.6 Å². The maximum atomic E-state index is 13.6. The van der Waals surface area contributed by atoms with E-state index < -0.39 is 26.1 Å². The zero-order valence-electron chi connectivity index (χ0n) is 14.4. The van der Waals surface area contributed by atoms with Gasteiger partial charge in [0.1, 0.15) is 22.9 Å². The van der Waals surface area contributed by atoms with Gasteiger partial charge in [0.05, 0.1) is 5.69 Å². The van der Waals surface area contributed by atoms with Crippen molar-refractivity contribution in [2.45, 2.75) is 42.6 Å². The second-order valence-corrected chi connectivity index (χ2v) is 8.23. The molecule has 1 aliphatic heterocycles. The van der Waals surface area contributed by atoms with Crippen molar-refractivity contribution < 1.29 is 26.0 Å². The lowest BCUT2D eigenvalue weighted by Crippen LogP contribution is -2.37. The Bertz CT molecular complexity index is 927. The number of anilines is 1. The molecule has 27 heavy (non-hydrogen) atoms. The topological polar surface area (TPSA) is 68.1 Å². The summed E-state index contributed by atoms with van der Waals surface area (Å²) in [5.74, 6) is -0.460. The zero-order valence-corrected chi connectivity index (χ0v) is 15.3. The Hall–Kier alpha value is -2.17. The van der Waals surface area contributed by atoms with Gasteiger partial charge >= 0.3 is 5.51 Å². The molecule has 0 saturated carbocycles. The van der Waals surface area contributed by atoms with Crippen LogP contribution in [0.15, 0.2) is 29.4 Å². The first-order chi connectivity index (χ1) is 12.6. The molecule has 0 spiro atoms. The lowest BCUT2D eigenvalue weighted by Gasteiger charge is -2.35. The number of sulfone groups is 1. The average molecular weight is 406 g/mol. The van der Waals surface area contributed by atoms with Crippen LogP contribution in [0.2, 0.25) is 0 Å². The molecule has 0 aliphatic carbocycles. The summed E-state index contributed by atoms with van der Waals surface area (Å²) >= 11 is 0. The smallest absolute Gasteiger partial charge is 0.370 e. The Morgan fingerprint density at radius 2 is 2.04 bits per heavy atom. The minimum absolute atomic E-state index is 0.118. The van der Waals surface area contributed by atoms with Gasteiger partial charge in [-0.05, 0) is 38.0 Å². The number of alkyl halides is 3. The zero-order chi connectivity index (χ0) is 19.8. The molecule has 1 aromatic carbocycles. The molecule has 2 aromatic rings. The van der Waals surface area contributed by atoms with Gasteiger partial charge in [-0.2, -0.15) is 13.2 Å². The van der Waals surface area contributed by atoms with E-state index in [1.54, 1.807) is 11.2 Å². The number of piperidine rings is 1. The summed E-state index contributed by atoms with van der Waals surface area (Å²) in [4.78, 5) is 0.480. The molecule has 1 fully saturated rings. The molecule has 0 bridgehead atoms. The number of nitrogens with zero attached hydrogens (tertiary/aromatic N) is 4. The van der Waals surface area contributed by atoms with E-state index in [-0.39, 0.29) is 18.2 Å². The largest absolute Gasteiger partial charge is 0.501 e. The van der Waals surface area contributed by atoms with Gasteiger partial charge in [-0.15, -0.1) is 10.2 Å². The molecule has 148 valence electrons. The van der Waals surface area contributed by atoms with E-state index >= 15 is 0 Å². The number of hydrogen-bond acceptors (Lipinski definition) is 5. The third-order valence-electron chi connectivity index (χ3n) is 4.63. The highest BCUT2D eigenvalue weighted by molar-refractivity contribution is 7.92. The summed E-state index contributed by atoms with van der Waals surface area (Å²) < 4.78 is 78.4. The van der Waals surface area contributed by atoms with Crippen LogP contribution in [0.5, 0.6) is 0 Å². The fourth-order valence-electron chi connectivity index (χ4n) is 3.32. The van der Waals surface area contributed by atoms with Crippen LogP contribution in [-0.2, 0) is 16.4 Å². The first-order valence-corrected chi connectivity index (χ1v) is 9.87. The number of halogens is 4. The Labute approximate surface area is 153 Å². The maximum Gasteiger partial charge on any atom is 0.501 e. The molecule has 1 atom stereocenters. The van der Waals surface area contributed by atoms with Crippen molar-refractivity contribution in [1.82, 2.24) is 14.8 Å². The lowest BCUT2D eigenvalue weighted by molar-refractivity contribution is -0.0435. The van der Waals surface area contributed by atoms with Crippen LogP contribution in [-0.4, -0.2) is 41.8 Å². The predicted molar refractivity (Wildman–Crippen MR) is 89.5 cm³/mol. The SMILES string of the molecule is CCn1cnnc1C1CCCN(c2ccc(F)cc2S(=O)(=O)C(F)(F)F)C1. The van der Waals surface area contributed by atoms with Crippen LogP contribution < -0.4 is 4.90 Å². The highest BCUT2D eigenvalue weighted by Crippen LogP contribution is 2.38. The van der Waals surface area contributed by atoms with E-state index in [4.69, 9.17) is 0 Å². The highest BCUT2D eigenvalue weighted by atomic mass is 32.2. The molecule has 0 N–H and O–H groups in total. The van der Waals surface area contributed by atoms with Crippen LogP contribution in [0.4, 0.5) is 23.2 Å². The summed E-state index contributed by atoms with van der Waals surface area (Å²) in [5, 5.41) is 7.96. The first kappa shape index (κ1) is 19.6. The second-order valence-electron chi connectivity index (χ2n) is 6.32. The third kappa shape index (κ3) is 3.64. The summed E-state index contributed by atoms with van der Waals surface area (Å²) in [6.45, 7) is 3.19. The molecule has 1 aromatic heterocycles. The van der Waals surface area contributed by atoms with Crippen molar-refractivity contribution in [3.63, 3.8) is 0 Å². The summed E-state index contributed by atoms with van der Waals surface area (Å²) in [6.07, 6.45) is 2.95. The van der Waals surface area contributed by atoms with Crippen LogP contribution in [0, 0.1) is 5.82 Å². The van der Waals surface area contributed by atoms with Gasteiger partial charge in [-0.25, -0.2) is 12.8 Å². The Morgan fingerprint density at radius 1 is 1.30 bits per heavy atom. The van der Waals surface area contributed by atoms with Crippen LogP contribution in [0.3, 0.4) is 0 Å². The van der Waals surface area contributed by atoms with Gasteiger partial charge in [0.15, 0.2) is 0 Å². The van der Waals surface area contributed by atoms with Crippen molar-refractivity contribution in [1.29, 1.82) is 0 Å². The maximum absolute atomic E-state index is 13.6. The van der Waals surface area contributed by atoms with Gasteiger partial charge in [-0.3, -0.25) is 0 Å². The van der Waals surface area contributed by atoms with Gasteiger partial charge in [-0.1, -0.05) is 0 Å². The van der Waals surface area contributed by atoms with Crippen molar-refractivity contribution in [2.24, 2.45) is 0 Å². The average Bonchev–Trinajstić information content (AvgIpc) is 3.09. The molecule has 2 heterocycles. The minimum atomic E-state index is -5.68. The summed E-state index contributed by atoms with van der Waals surface area (Å²) in [5.41, 5.74) is -5.66. The number of hydrogen-bond donors (Lipinski definition) is 0. The van der Waals surface area contributed by atoms with Crippen molar-refractivity contribution in [3.05, 3.63) is 36.2 Å². The summed E-state index contributed by atoms with van der Waals surface area (Å²) in [6, 6.07) is 2.47. The molecule has 0 amide bonds. The summed E-state index contributed by atoms with van der Waals surface area (Å²) in [7, 11) is -5.68. The number of aromatic nitrogens is 3. The van der Waals surface area contributed by atoms with E-state index in [1.165, 1.54) is 0 Å². The van der Waals surface area contributed by atoms with Gasteiger partial charge < -0.3 is 9.47 Å². The van der Waals surface area contributed by atoms with Crippen molar-refractivity contribution in [3.8, 4) is 0 Å². The minimum Gasteiger partial charge on any atom is -0.370 e. The van der Waals surface area contributed by atoms with E-state index in [9.17, 15) is 26.0 Å². The fourth-order valence-corrected chi connectivity index (χ4v) is 4.31. The van der Waals surface area contributed by atoms with Crippen LogP contribution >= 0.6 is 0 Å². The normalized spacial score (nSPS) is 18.7. The van der Waals surface area contributed by atoms with E-state index in [0.717, 1.165) is 18.6 Å². The van der Waals surface area contributed by atoms with Crippen molar-refractivity contribution in [2.75, 3.05) is 18.0 Å². The third-order valence-corrected chi connectivity index (χ3v) is 6.14. The van der Waals surface area contributed by atoms with Crippen molar-refractivity contribution >= 4 is 15.5 Å². The molecule has 1 aliphatic rings. The fraction of sp³-hybridized carbons (Fsp3) is 0.500. The van der Waals surface area contributed by atoms with Gasteiger partial charge in [0.2, 0.25) is 0 Å². The first-order valence-electron chi connectivity index (χ1n) is 8.38. The van der Waals surface area contributed by atoms with Gasteiger partial charge in [0.25, 0.3) is 9.84 Å². The van der Waals surface area contributed by atoms with Crippen LogP contribution in [0.1, 0.15) is 31.5 Å². The monoisotopic (exact) mass is 406 g/mol. The van der Waals surface area contributed by atoms with E-state index in [2.05, 4.69) is 10.2 Å². The second kappa shape index (κ2) is 7.10. The van der Waals surface area contributed by atoms with Crippen LogP contribution in [0.25, 0.3) is 0 Å². The number of benzene rings is 1. The molecule has 1 saturated heterocycles. The Balaban J connectivity index is 1.99. The Morgan fingerprint density at radius 3 is 2.70 bits per heavy atom. The molecule has 11 heteroatoms. The number of rotatable bonds is 4. The van der Waals surface area contributed by atoms with E-state index in [1.807, 2.05) is 11.5 Å².